The summed E-state index contributed by atoms with van der Waals surface area (Å²) in [6, 6.07) is 4.74. The number of rotatable bonds is 4. The number of imide groups is 2. The Morgan fingerprint density at radius 3 is 2.27 bits per heavy atom. The molecule has 0 bridgehead atoms. The quantitative estimate of drug-likeness (QED) is 0.665. The van der Waals surface area contributed by atoms with Crippen LogP contribution in [0.3, 0.4) is 0 Å². The lowest BCUT2D eigenvalue weighted by molar-refractivity contribution is -0.143. The van der Waals surface area contributed by atoms with Crippen molar-refractivity contribution in [2.75, 3.05) is 18.4 Å². The number of carbonyl (C=O) groups is 4. The van der Waals surface area contributed by atoms with Crippen LogP contribution in [0.4, 0.5) is 10.5 Å². The number of anilines is 1. The summed E-state index contributed by atoms with van der Waals surface area (Å²) in [6.45, 7) is 4.98. The molecule has 1 fully saturated rings. The fourth-order valence-corrected chi connectivity index (χ4v) is 2.26. The minimum Gasteiger partial charge on any atom is -0.324 e. The van der Waals surface area contributed by atoms with Crippen LogP contribution in [0.15, 0.2) is 18.2 Å². The Morgan fingerprint density at radius 2 is 1.73 bits per heavy atom. The van der Waals surface area contributed by atoms with Crippen LogP contribution in [0, 0.1) is 13.8 Å². The van der Waals surface area contributed by atoms with Crippen LogP contribution >= 0.6 is 0 Å². The number of carbonyl (C=O) groups excluding carboxylic acids is 4. The fourth-order valence-electron chi connectivity index (χ4n) is 2.26. The van der Waals surface area contributed by atoms with Gasteiger partial charge in [0.25, 0.3) is 0 Å². The van der Waals surface area contributed by atoms with Gasteiger partial charge < -0.3 is 5.32 Å². The molecule has 7 heteroatoms. The highest BCUT2D eigenvalue weighted by molar-refractivity contribution is 6.45. The van der Waals surface area contributed by atoms with Gasteiger partial charge in [0, 0.05) is 12.2 Å². The molecule has 2 rings (SSSR count). The van der Waals surface area contributed by atoms with Gasteiger partial charge >= 0.3 is 17.8 Å². The average molecular weight is 303 g/mol. The molecule has 1 aromatic rings. The number of nitrogens with one attached hydrogen (secondary N) is 1. The molecule has 0 saturated carbocycles. The van der Waals surface area contributed by atoms with Crippen LogP contribution in [-0.2, 0) is 14.4 Å². The standard InChI is InChI=1S/C15H17N3O4/c1-4-17-13(20)14(21)18(15(17)22)8-12(19)16-11-6-5-9(2)7-10(11)3/h5-7H,4,8H2,1-3H3,(H,16,19). The van der Waals surface area contributed by atoms with E-state index >= 15 is 0 Å². The summed E-state index contributed by atoms with van der Waals surface area (Å²) in [4.78, 5) is 48.7. The summed E-state index contributed by atoms with van der Waals surface area (Å²) in [5.41, 5.74) is 2.54. The van der Waals surface area contributed by atoms with E-state index in [9.17, 15) is 19.2 Å². The highest BCUT2D eigenvalue weighted by Gasteiger charge is 2.44. The molecule has 0 radical (unpaired) electrons. The van der Waals surface area contributed by atoms with E-state index in [0.29, 0.717) is 10.6 Å². The van der Waals surface area contributed by atoms with E-state index in [-0.39, 0.29) is 6.54 Å². The molecule has 1 aromatic carbocycles. The molecular formula is C15H17N3O4. The van der Waals surface area contributed by atoms with Gasteiger partial charge in [0.2, 0.25) is 5.91 Å². The first-order valence-corrected chi connectivity index (χ1v) is 6.89. The molecule has 116 valence electrons. The van der Waals surface area contributed by atoms with Gasteiger partial charge in [-0.1, -0.05) is 17.7 Å². The van der Waals surface area contributed by atoms with E-state index in [1.807, 2.05) is 26.0 Å². The van der Waals surface area contributed by atoms with Gasteiger partial charge in [0.1, 0.15) is 6.54 Å². The topological polar surface area (TPSA) is 86.8 Å². The molecule has 22 heavy (non-hydrogen) atoms. The summed E-state index contributed by atoms with van der Waals surface area (Å²) < 4.78 is 0. The van der Waals surface area contributed by atoms with Gasteiger partial charge in [-0.15, -0.1) is 0 Å². The lowest BCUT2D eigenvalue weighted by atomic mass is 10.1. The molecule has 1 N–H and O–H groups in total. The predicted molar refractivity (Wildman–Crippen MR) is 79.0 cm³/mol. The zero-order valence-corrected chi connectivity index (χ0v) is 12.7. The van der Waals surface area contributed by atoms with Crippen LogP contribution in [0.1, 0.15) is 18.1 Å². The zero-order valence-electron chi connectivity index (χ0n) is 12.7. The summed E-state index contributed by atoms with van der Waals surface area (Å²) in [7, 11) is 0. The number of likely N-dealkylation sites (N-methyl/N-ethyl adjacent to an activating group) is 1. The van der Waals surface area contributed by atoms with Gasteiger partial charge in [0.15, 0.2) is 0 Å². The Bertz CT molecular complexity index is 669. The van der Waals surface area contributed by atoms with E-state index in [1.54, 1.807) is 13.0 Å². The normalized spacial score (nSPS) is 14.8. The smallest absolute Gasteiger partial charge is 0.324 e. The van der Waals surface area contributed by atoms with Crippen LogP contribution in [0.25, 0.3) is 0 Å². The first-order chi connectivity index (χ1) is 10.3. The summed E-state index contributed by atoms with van der Waals surface area (Å²) >= 11 is 0. The Kier molecular flexibility index (Phi) is 4.25. The van der Waals surface area contributed by atoms with E-state index in [0.717, 1.165) is 16.0 Å². The van der Waals surface area contributed by atoms with Crippen molar-refractivity contribution >= 4 is 29.4 Å². The SMILES string of the molecule is CCN1C(=O)C(=O)N(CC(=O)Nc2ccc(C)cc2C)C1=O. The molecule has 5 amide bonds. The van der Waals surface area contributed by atoms with E-state index < -0.39 is 30.3 Å². The van der Waals surface area contributed by atoms with Crippen molar-refractivity contribution < 1.29 is 19.2 Å². The van der Waals surface area contributed by atoms with Crippen LogP contribution in [-0.4, -0.2) is 46.6 Å². The van der Waals surface area contributed by atoms with Gasteiger partial charge in [-0.3, -0.25) is 19.3 Å². The second-order valence-electron chi connectivity index (χ2n) is 5.09. The average Bonchev–Trinajstić information content (AvgIpc) is 2.66. The highest BCUT2D eigenvalue weighted by Crippen LogP contribution is 2.17. The van der Waals surface area contributed by atoms with Gasteiger partial charge in [-0.05, 0) is 32.4 Å². The maximum absolute atomic E-state index is 12.0. The van der Waals surface area contributed by atoms with Crippen LogP contribution in [0.5, 0.6) is 0 Å². The Balaban J connectivity index is 2.08. The molecule has 1 heterocycles. The summed E-state index contributed by atoms with van der Waals surface area (Å²) in [5, 5.41) is 2.64. The second-order valence-corrected chi connectivity index (χ2v) is 5.09. The van der Waals surface area contributed by atoms with Crippen molar-refractivity contribution in [3.63, 3.8) is 0 Å². The highest BCUT2D eigenvalue weighted by atomic mass is 16.2. The molecule has 0 atom stereocenters. The first kappa shape index (κ1) is 15.7. The third kappa shape index (κ3) is 2.83. The van der Waals surface area contributed by atoms with Crippen molar-refractivity contribution in [2.24, 2.45) is 0 Å². The maximum Gasteiger partial charge on any atom is 0.334 e. The summed E-state index contributed by atoms with van der Waals surface area (Å²) in [5.74, 6) is -2.39. The molecular weight excluding hydrogens is 286 g/mol. The molecule has 1 aliphatic rings. The van der Waals surface area contributed by atoms with E-state index in [4.69, 9.17) is 0 Å². The van der Waals surface area contributed by atoms with Gasteiger partial charge in [-0.25, -0.2) is 9.69 Å². The van der Waals surface area contributed by atoms with Gasteiger partial charge in [-0.2, -0.15) is 0 Å². The van der Waals surface area contributed by atoms with Crippen LogP contribution in [0.2, 0.25) is 0 Å². The maximum atomic E-state index is 12.0. The number of hydrogen-bond donors (Lipinski definition) is 1. The molecule has 1 aliphatic heterocycles. The number of nitrogens with zero attached hydrogens (tertiary/aromatic N) is 2. The largest absolute Gasteiger partial charge is 0.334 e. The predicted octanol–water partition coefficient (Wildman–Crippen LogP) is 1.05. The molecule has 0 unspecified atom stereocenters. The monoisotopic (exact) mass is 303 g/mol. The van der Waals surface area contributed by atoms with Crippen molar-refractivity contribution in [2.45, 2.75) is 20.8 Å². The lowest BCUT2D eigenvalue weighted by Crippen LogP contribution is -2.39. The molecule has 0 spiro atoms. The third-order valence-corrected chi connectivity index (χ3v) is 3.41. The number of benzene rings is 1. The minimum absolute atomic E-state index is 0.0958. The summed E-state index contributed by atoms with van der Waals surface area (Å²) in [6.07, 6.45) is 0. The van der Waals surface area contributed by atoms with Crippen LogP contribution < -0.4 is 5.32 Å². The number of aryl methyl sites for hydroxylation is 2. The fraction of sp³-hybridized carbons (Fsp3) is 0.333. The second kappa shape index (κ2) is 5.97. The Labute approximate surface area is 127 Å². The minimum atomic E-state index is -0.970. The van der Waals surface area contributed by atoms with Crippen molar-refractivity contribution in [3.05, 3.63) is 29.3 Å². The lowest BCUT2D eigenvalue weighted by Gasteiger charge is -2.14. The first-order valence-electron chi connectivity index (χ1n) is 6.89. The number of amides is 5. The molecule has 0 aliphatic carbocycles. The van der Waals surface area contributed by atoms with E-state index in [1.165, 1.54) is 0 Å². The van der Waals surface area contributed by atoms with Gasteiger partial charge in [0.05, 0.1) is 0 Å². The van der Waals surface area contributed by atoms with Crippen molar-refractivity contribution in [1.82, 2.24) is 9.80 Å². The third-order valence-electron chi connectivity index (χ3n) is 3.41. The Morgan fingerprint density at radius 1 is 1.09 bits per heavy atom. The number of urea groups is 1. The molecule has 7 nitrogen and oxygen atoms in total. The van der Waals surface area contributed by atoms with Crippen molar-refractivity contribution in [1.29, 1.82) is 0 Å². The Hall–Kier alpha value is -2.70. The number of hydrogen-bond acceptors (Lipinski definition) is 4. The molecule has 1 saturated heterocycles. The molecule has 0 aromatic heterocycles. The van der Waals surface area contributed by atoms with Crippen molar-refractivity contribution in [3.8, 4) is 0 Å². The van der Waals surface area contributed by atoms with E-state index in [2.05, 4.69) is 5.32 Å². The zero-order chi connectivity index (χ0) is 16.4.